The SMILES string of the molecule is CC1OC(C(Cc2ccccc2)NP(=O)(OC[C@@]2(N=[N+]=[N-])OC(n3ccc(N)nc3=O)[C@H](O)[C@@H]2O)Oc2ccccc2)O1. The van der Waals surface area contributed by atoms with Crippen LogP contribution in [-0.2, 0) is 29.7 Å². The van der Waals surface area contributed by atoms with Crippen molar-refractivity contribution in [2.24, 2.45) is 5.11 Å². The minimum atomic E-state index is -4.42. The molecule has 2 aromatic carbocycles. The van der Waals surface area contributed by atoms with Crippen molar-refractivity contribution in [3.63, 3.8) is 0 Å². The van der Waals surface area contributed by atoms with Crippen molar-refractivity contribution in [2.45, 2.75) is 56.1 Å². The molecule has 5 rings (SSSR count). The molecule has 3 heterocycles. The minimum absolute atomic E-state index is 0.0807. The van der Waals surface area contributed by atoms with E-state index in [2.05, 4.69) is 20.1 Å². The first-order valence-corrected chi connectivity index (χ1v) is 14.7. The maximum atomic E-state index is 14.4. The fourth-order valence-corrected chi connectivity index (χ4v) is 6.21. The number of para-hydroxylation sites is 1. The first-order valence-electron chi connectivity index (χ1n) is 13.2. The molecule has 0 spiro atoms. The summed E-state index contributed by atoms with van der Waals surface area (Å²) in [4.78, 5) is 18.7. The second kappa shape index (κ2) is 12.8. The number of benzene rings is 2. The van der Waals surface area contributed by atoms with Gasteiger partial charge in [-0.15, -0.1) is 0 Å². The molecular formula is C26H30N7O9P. The number of aliphatic hydroxyl groups is 2. The summed E-state index contributed by atoms with van der Waals surface area (Å²) in [5.41, 5.74) is 12.5. The van der Waals surface area contributed by atoms with Gasteiger partial charge < -0.3 is 34.7 Å². The molecule has 0 bridgehead atoms. The largest absolute Gasteiger partial charge is 0.459 e. The van der Waals surface area contributed by atoms with Crippen LogP contribution in [0.25, 0.3) is 10.4 Å². The standard InChI is InChI=1S/C26H30N7O9P/c1-16-39-24(40-16)19(14-17-8-4-2-5-9-17)30-43(37,42-18-10-6-3-7-11-18)38-15-26(31-32-28)22(35)21(34)23(41-26)33-13-12-20(27)29-25(33)36/h2-13,16,19,21-24,34-35H,14-15H2,1H3,(H,30,37)(H2,27,29,36)/t16?,19?,21-,22+,23?,24?,26-,43?/m1/s1. The van der Waals surface area contributed by atoms with Crippen LogP contribution in [0, 0.1) is 0 Å². The third kappa shape index (κ3) is 6.89. The molecule has 0 amide bonds. The maximum Gasteiger partial charge on any atom is 0.459 e. The first-order chi connectivity index (χ1) is 20.6. The molecule has 17 heteroatoms. The highest BCUT2D eigenvalue weighted by Gasteiger charge is 2.56. The van der Waals surface area contributed by atoms with E-state index in [-0.39, 0.29) is 18.0 Å². The highest BCUT2D eigenvalue weighted by atomic mass is 31.2. The Morgan fingerprint density at radius 2 is 1.86 bits per heavy atom. The second-order valence-electron chi connectivity index (χ2n) is 9.83. The van der Waals surface area contributed by atoms with Gasteiger partial charge in [0.15, 0.2) is 18.8 Å². The van der Waals surface area contributed by atoms with E-state index in [0.717, 1.165) is 10.1 Å². The van der Waals surface area contributed by atoms with Gasteiger partial charge in [0.25, 0.3) is 0 Å². The van der Waals surface area contributed by atoms with Crippen molar-refractivity contribution in [3.8, 4) is 5.75 Å². The summed E-state index contributed by atoms with van der Waals surface area (Å²) in [5, 5.41) is 28.2. The third-order valence-electron chi connectivity index (χ3n) is 6.75. The van der Waals surface area contributed by atoms with E-state index in [1.165, 1.54) is 12.3 Å². The fourth-order valence-electron chi connectivity index (χ4n) is 4.66. The van der Waals surface area contributed by atoms with Gasteiger partial charge in [0.05, 0.1) is 12.6 Å². The molecule has 0 radical (unpaired) electrons. The first kappa shape index (κ1) is 30.6. The lowest BCUT2D eigenvalue weighted by molar-refractivity contribution is -0.382. The van der Waals surface area contributed by atoms with Crippen LogP contribution in [0.2, 0.25) is 0 Å². The Bertz CT molecular complexity index is 1550. The summed E-state index contributed by atoms with van der Waals surface area (Å²) < 4.78 is 43.9. The predicted molar refractivity (Wildman–Crippen MR) is 150 cm³/mol. The van der Waals surface area contributed by atoms with Gasteiger partial charge in [0.1, 0.15) is 23.8 Å². The molecule has 3 aromatic rings. The van der Waals surface area contributed by atoms with Crippen LogP contribution in [-0.4, -0.2) is 62.9 Å². The van der Waals surface area contributed by atoms with Gasteiger partial charge in [-0.25, -0.2) is 14.4 Å². The van der Waals surface area contributed by atoms with Gasteiger partial charge in [-0.1, -0.05) is 53.6 Å². The lowest BCUT2D eigenvalue weighted by atomic mass is 10.1. The molecule has 3 unspecified atom stereocenters. The molecule has 43 heavy (non-hydrogen) atoms. The van der Waals surface area contributed by atoms with E-state index in [1.807, 2.05) is 30.3 Å². The number of hydrogen-bond donors (Lipinski definition) is 4. The van der Waals surface area contributed by atoms with E-state index < -0.39 is 62.8 Å². The Balaban J connectivity index is 1.44. The second-order valence-corrected chi connectivity index (χ2v) is 11.5. The van der Waals surface area contributed by atoms with Crippen LogP contribution in [0.4, 0.5) is 5.82 Å². The summed E-state index contributed by atoms with van der Waals surface area (Å²) in [6.45, 7) is 0.833. The van der Waals surface area contributed by atoms with Crippen molar-refractivity contribution in [2.75, 3.05) is 12.3 Å². The van der Waals surface area contributed by atoms with Crippen LogP contribution < -0.4 is 21.0 Å². The van der Waals surface area contributed by atoms with Gasteiger partial charge >= 0.3 is 13.4 Å². The van der Waals surface area contributed by atoms with Crippen LogP contribution in [0.3, 0.4) is 0 Å². The Kier molecular flexibility index (Phi) is 9.13. The maximum absolute atomic E-state index is 14.4. The monoisotopic (exact) mass is 615 g/mol. The number of aliphatic hydroxyl groups excluding tert-OH is 2. The Morgan fingerprint density at radius 1 is 1.19 bits per heavy atom. The van der Waals surface area contributed by atoms with Crippen LogP contribution in [0.15, 0.2) is 82.8 Å². The average molecular weight is 616 g/mol. The molecule has 0 aliphatic carbocycles. The molecule has 6 atom stereocenters. The zero-order chi connectivity index (χ0) is 30.6. The normalized spacial score (nSPS) is 28.7. The van der Waals surface area contributed by atoms with Crippen LogP contribution in [0.1, 0.15) is 18.7 Å². The number of ether oxygens (including phenoxy) is 3. The third-order valence-corrected chi connectivity index (χ3v) is 8.32. The summed E-state index contributed by atoms with van der Waals surface area (Å²) >= 11 is 0. The molecular weight excluding hydrogens is 585 g/mol. The lowest BCUT2D eigenvalue weighted by Gasteiger charge is -2.40. The number of rotatable bonds is 12. The topological polar surface area (TPSA) is 225 Å². The number of aromatic nitrogens is 2. The smallest absolute Gasteiger partial charge is 0.413 e. The summed E-state index contributed by atoms with van der Waals surface area (Å²) in [7, 11) is -4.42. The van der Waals surface area contributed by atoms with Crippen molar-refractivity contribution in [1.82, 2.24) is 14.6 Å². The van der Waals surface area contributed by atoms with Gasteiger partial charge in [0.2, 0.25) is 5.72 Å². The number of nitrogens with zero attached hydrogens (tertiary/aromatic N) is 5. The van der Waals surface area contributed by atoms with Crippen molar-refractivity contribution in [1.29, 1.82) is 0 Å². The quantitative estimate of drug-likeness (QED) is 0.0996. The van der Waals surface area contributed by atoms with E-state index >= 15 is 0 Å². The van der Waals surface area contributed by atoms with Crippen LogP contribution in [0.5, 0.6) is 5.75 Å². The van der Waals surface area contributed by atoms with Gasteiger partial charge in [0, 0.05) is 11.1 Å². The van der Waals surface area contributed by atoms with Crippen molar-refractivity contribution >= 4 is 13.6 Å². The van der Waals surface area contributed by atoms with Gasteiger partial charge in [-0.3, -0.25) is 9.09 Å². The average Bonchev–Trinajstić information content (AvgIpc) is 3.21. The molecule has 228 valence electrons. The highest BCUT2D eigenvalue weighted by molar-refractivity contribution is 7.52. The zero-order valence-corrected chi connectivity index (χ0v) is 23.7. The van der Waals surface area contributed by atoms with E-state index in [4.69, 9.17) is 29.0 Å². The molecule has 2 saturated heterocycles. The Hall–Kier alpha value is -3.82. The summed E-state index contributed by atoms with van der Waals surface area (Å²) in [6, 6.07) is 18.0. The van der Waals surface area contributed by atoms with E-state index in [0.29, 0.717) is 0 Å². The predicted octanol–water partition coefficient (Wildman–Crippen LogP) is 2.21. The zero-order valence-electron chi connectivity index (χ0n) is 22.8. The van der Waals surface area contributed by atoms with Crippen molar-refractivity contribution in [3.05, 3.63) is 99.4 Å². The number of nitrogen functional groups attached to an aromatic ring is 1. The number of nitrogens with two attached hydrogens (primary N) is 1. The van der Waals surface area contributed by atoms with Gasteiger partial charge in [-0.2, -0.15) is 4.98 Å². The summed E-state index contributed by atoms with van der Waals surface area (Å²) in [6.07, 6.45) is -5.10. The van der Waals surface area contributed by atoms with Crippen molar-refractivity contribution < 1.29 is 38.0 Å². The molecule has 5 N–H and O–H groups in total. The Morgan fingerprint density at radius 3 is 2.49 bits per heavy atom. The number of azide groups is 1. The molecule has 16 nitrogen and oxygen atoms in total. The number of hydrogen-bond acceptors (Lipinski definition) is 12. The minimum Gasteiger partial charge on any atom is -0.413 e. The molecule has 2 aliphatic rings. The van der Waals surface area contributed by atoms with Crippen LogP contribution >= 0.6 is 7.75 Å². The van der Waals surface area contributed by atoms with E-state index in [9.17, 15) is 25.1 Å². The van der Waals surface area contributed by atoms with Gasteiger partial charge in [-0.05, 0) is 42.6 Å². The Labute approximate surface area is 245 Å². The fraction of sp³-hybridized carbons (Fsp3) is 0.385. The molecule has 2 aliphatic heterocycles. The number of anilines is 1. The molecule has 2 fully saturated rings. The van der Waals surface area contributed by atoms with E-state index in [1.54, 1.807) is 37.3 Å². The molecule has 0 saturated carbocycles. The molecule has 1 aromatic heterocycles. The highest BCUT2D eigenvalue weighted by Crippen LogP contribution is 2.49. The summed E-state index contributed by atoms with van der Waals surface area (Å²) in [5.74, 6) is 0.0895. The lowest BCUT2D eigenvalue weighted by Crippen LogP contribution is -2.53. The number of nitrogens with one attached hydrogen (secondary N) is 1.